The number of carbonyl (C=O) groups is 1. The first-order valence-corrected chi connectivity index (χ1v) is 7.41. The highest BCUT2D eigenvalue weighted by Crippen LogP contribution is 2.11. The SMILES string of the molecule is CC(CNC(=O)CCc1ccccc1F)N1CCCC1. The molecule has 0 radical (unpaired) electrons. The molecule has 0 aliphatic carbocycles. The largest absolute Gasteiger partial charge is 0.355 e. The second-order valence-electron chi connectivity index (χ2n) is 5.49. The van der Waals surface area contributed by atoms with Crippen LogP contribution in [-0.2, 0) is 11.2 Å². The van der Waals surface area contributed by atoms with Crippen LogP contribution in [0.5, 0.6) is 0 Å². The Morgan fingerprint density at radius 1 is 1.35 bits per heavy atom. The standard InChI is InChI=1S/C16H23FN2O/c1-13(19-10-4-5-11-19)12-18-16(20)9-8-14-6-2-3-7-15(14)17/h2-3,6-7,13H,4-5,8-12H2,1H3,(H,18,20). The van der Waals surface area contributed by atoms with Crippen LogP contribution in [0.4, 0.5) is 4.39 Å². The second kappa shape index (κ2) is 7.39. The number of rotatable bonds is 6. The van der Waals surface area contributed by atoms with Crippen LogP contribution in [0.15, 0.2) is 24.3 Å². The van der Waals surface area contributed by atoms with Gasteiger partial charge in [0.15, 0.2) is 0 Å². The van der Waals surface area contributed by atoms with E-state index in [-0.39, 0.29) is 11.7 Å². The minimum Gasteiger partial charge on any atom is -0.355 e. The monoisotopic (exact) mass is 278 g/mol. The summed E-state index contributed by atoms with van der Waals surface area (Å²) in [6, 6.07) is 7.01. The Kier molecular flexibility index (Phi) is 5.53. The molecule has 1 aromatic rings. The fraction of sp³-hybridized carbons (Fsp3) is 0.562. The number of hydrogen-bond donors (Lipinski definition) is 1. The number of carbonyl (C=O) groups excluding carboxylic acids is 1. The third-order valence-corrected chi connectivity index (χ3v) is 3.94. The molecule has 1 heterocycles. The van der Waals surface area contributed by atoms with Gasteiger partial charge >= 0.3 is 0 Å². The molecule has 2 rings (SSSR count). The maximum Gasteiger partial charge on any atom is 0.220 e. The van der Waals surface area contributed by atoms with Gasteiger partial charge in [-0.05, 0) is 50.9 Å². The number of nitrogens with zero attached hydrogens (tertiary/aromatic N) is 1. The molecule has 1 unspecified atom stereocenters. The van der Waals surface area contributed by atoms with E-state index in [0.29, 0.717) is 31.0 Å². The van der Waals surface area contributed by atoms with Crippen molar-refractivity contribution in [2.45, 2.75) is 38.6 Å². The summed E-state index contributed by atoms with van der Waals surface area (Å²) >= 11 is 0. The molecule has 1 fully saturated rings. The van der Waals surface area contributed by atoms with E-state index < -0.39 is 0 Å². The summed E-state index contributed by atoms with van der Waals surface area (Å²) in [5.74, 6) is -0.231. The van der Waals surface area contributed by atoms with Crippen molar-refractivity contribution in [1.82, 2.24) is 10.2 Å². The molecule has 0 spiro atoms. The summed E-state index contributed by atoms with van der Waals surface area (Å²) in [5.41, 5.74) is 0.607. The Morgan fingerprint density at radius 3 is 2.75 bits per heavy atom. The number of halogens is 1. The summed E-state index contributed by atoms with van der Waals surface area (Å²) in [4.78, 5) is 14.2. The molecule has 1 saturated heterocycles. The van der Waals surface area contributed by atoms with Gasteiger partial charge in [0.05, 0.1) is 0 Å². The van der Waals surface area contributed by atoms with E-state index in [4.69, 9.17) is 0 Å². The first-order valence-electron chi connectivity index (χ1n) is 7.41. The van der Waals surface area contributed by atoms with Crippen LogP contribution in [-0.4, -0.2) is 36.5 Å². The molecular formula is C16H23FN2O. The van der Waals surface area contributed by atoms with E-state index in [2.05, 4.69) is 17.1 Å². The Balaban J connectivity index is 1.69. The van der Waals surface area contributed by atoms with Crippen LogP contribution in [0, 0.1) is 5.82 Å². The van der Waals surface area contributed by atoms with E-state index in [1.807, 2.05) is 0 Å². The van der Waals surface area contributed by atoms with Crippen molar-refractivity contribution in [2.24, 2.45) is 0 Å². The number of nitrogens with one attached hydrogen (secondary N) is 1. The molecule has 0 saturated carbocycles. The smallest absolute Gasteiger partial charge is 0.220 e. The van der Waals surface area contributed by atoms with Crippen LogP contribution in [0.2, 0.25) is 0 Å². The van der Waals surface area contributed by atoms with E-state index in [1.54, 1.807) is 18.2 Å². The molecule has 1 amide bonds. The molecule has 0 aromatic heterocycles. The lowest BCUT2D eigenvalue weighted by Crippen LogP contribution is -2.40. The zero-order chi connectivity index (χ0) is 14.4. The summed E-state index contributed by atoms with van der Waals surface area (Å²) in [6.07, 6.45) is 3.31. The summed E-state index contributed by atoms with van der Waals surface area (Å²) in [6.45, 7) is 5.08. The first-order chi connectivity index (χ1) is 9.66. The molecule has 1 aliphatic heterocycles. The van der Waals surface area contributed by atoms with Gasteiger partial charge in [-0.15, -0.1) is 0 Å². The van der Waals surface area contributed by atoms with E-state index in [0.717, 1.165) is 13.1 Å². The van der Waals surface area contributed by atoms with Gasteiger partial charge in [0.2, 0.25) is 5.91 Å². The Bertz CT molecular complexity index is 444. The first kappa shape index (κ1) is 15.0. The third kappa shape index (κ3) is 4.30. The Hall–Kier alpha value is -1.42. The minimum absolute atomic E-state index is 0.000648. The molecule has 1 aliphatic rings. The lowest BCUT2D eigenvalue weighted by atomic mass is 10.1. The summed E-state index contributed by atoms with van der Waals surface area (Å²) < 4.78 is 13.4. The molecule has 1 aromatic carbocycles. The van der Waals surface area contributed by atoms with Crippen LogP contribution >= 0.6 is 0 Å². The van der Waals surface area contributed by atoms with Gasteiger partial charge in [0, 0.05) is 19.0 Å². The minimum atomic E-state index is -0.231. The van der Waals surface area contributed by atoms with Crippen molar-refractivity contribution in [3.8, 4) is 0 Å². The molecule has 1 N–H and O–H groups in total. The molecule has 4 heteroatoms. The van der Waals surface area contributed by atoms with E-state index in [9.17, 15) is 9.18 Å². The maximum absolute atomic E-state index is 13.4. The predicted octanol–water partition coefficient (Wildman–Crippen LogP) is 2.36. The summed E-state index contributed by atoms with van der Waals surface area (Å²) in [7, 11) is 0. The quantitative estimate of drug-likeness (QED) is 0.866. The van der Waals surface area contributed by atoms with Crippen LogP contribution in [0.1, 0.15) is 31.7 Å². The van der Waals surface area contributed by atoms with Crippen molar-refractivity contribution in [1.29, 1.82) is 0 Å². The van der Waals surface area contributed by atoms with Crippen molar-refractivity contribution < 1.29 is 9.18 Å². The maximum atomic E-state index is 13.4. The molecule has 20 heavy (non-hydrogen) atoms. The van der Waals surface area contributed by atoms with Gasteiger partial charge in [-0.3, -0.25) is 9.69 Å². The molecule has 0 bridgehead atoms. The molecule has 1 atom stereocenters. The highest BCUT2D eigenvalue weighted by Gasteiger charge is 2.18. The second-order valence-corrected chi connectivity index (χ2v) is 5.49. The van der Waals surface area contributed by atoms with Gasteiger partial charge in [0.25, 0.3) is 0 Å². The van der Waals surface area contributed by atoms with Crippen molar-refractivity contribution in [3.63, 3.8) is 0 Å². The van der Waals surface area contributed by atoms with Gasteiger partial charge in [-0.25, -0.2) is 4.39 Å². The molecule has 110 valence electrons. The lowest BCUT2D eigenvalue weighted by molar-refractivity contribution is -0.121. The summed E-state index contributed by atoms with van der Waals surface area (Å²) in [5, 5.41) is 2.95. The lowest BCUT2D eigenvalue weighted by Gasteiger charge is -2.23. The zero-order valence-corrected chi connectivity index (χ0v) is 12.1. The molecular weight excluding hydrogens is 255 g/mol. The average molecular weight is 278 g/mol. The number of benzene rings is 1. The normalized spacial score (nSPS) is 17.1. The van der Waals surface area contributed by atoms with Crippen LogP contribution in [0.25, 0.3) is 0 Å². The van der Waals surface area contributed by atoms with Gasteiger partial charge < -0.3 is 5.32 Å². The number of amides is 1. The third-order valence-electron chi connectivity index (χ3n) is 3.94. The number of aryl methyl sites for hydroxylation is 1. The Labute approximate surface area is 120 Å². The van der Waals surface area contributed by atoms with Crippen molar-refractivity contribution in [2.75, 3.05) is 19.6 Å². The predicted molar refractivity (Wildman–Crippen MR) is 78.0 cm³/mol. The van der Waals surface area contributed by atoms with Crippen molar-refractivity contribution >= 4 is 5.91 Å². The van der Waals surface area contributed by atoms with E-state index >= 15 is 0 Å². The highest BCUT2D eigenvalue weighted by molar-refractivity contribution is 5.76. The van der Waals surface area contributed by atoms with Crippen LogP contribution in [0.3, 0.4) is 0 Å². The number of likely N-dealkylation sites (tertiary alicyclic amines) is 1. The fourth-order valence-electron chi connectivity index (χ4n) is 2.61. The van der Waals surface area contributed by atoms with Gasteiger partial charge in [-0.1, -0.05) is 18.2 Å². The fourth-order valence-corrected chi connectivity index (χ4v) is 2.61. The number of hydrogen-bond acceptors (Lipinski definition) is 2. The van der Waals surface area contributed by atoms with Crippen LogP contribution < -0.4 is 5.32 Å². The Morgan fingerprint density at radius 2 is 2.05 bits per heavy atom. The zero-order valence-electron chi connectivity index (χ0n) is 12.1. The molecule has 3 nitrogen and oxygen atoms in total. The highest BCUT2D eigenvalue weighted by atomic mass is 19.1. The van der Waals surface area contributed by atoms with E-state index in [1.165, 1.54) is 18.9 Å². The average Bonchev–Trinajstić information content (AvgIpc) is 2.98. The van der Waals surface area contributed by atoms with Gasteiger partial charge in [-0.2, -0.15) is 0 Å². The topological polar surface area (TPSA) is 32.3 Å². The van der Waals surface area contributed by atoms with Crippen molar-refractivity contribution in [3.05, 3.63) is 35.6 Å². The van der Waals surface area contributed by atoms with Gasteiger partial charge in [0.1, 0.15) is 5.82 Å².